The summed E-state index contributed by atoms with van der Waals surface area (Å²) in [5.74, 6) is 0.822. The first-order chi connectivity index (χ1) is 25.4. The summed E-state index contributed by atoms with van der Waals surface area (Å²) in [4.78, 5) is 24.9. The van der Waals surface area contributed by atoms with Gasteiger partial charge in [-0.3, -0.25) is 9.35 Å². The van der Waals surface area contributed by atoms with E-state index < -0.39 is 52.0 Å². The van der Waals surface area contributed by atoms with Gasteiger partial charge < -0.3 is 29.7 Å². The maximum atomic E-state index is 12.5. The van der Waals surface area contributed by atoms with Crippen LogP contribution in [0, 0.1) is 70.0 Å². The molecule has 4 heterocycles. The fourth-order valence-corrected chi connectivity index (χ4v) is 14.8. The molecule has 4 aliphatic heterocycles. The monoisotopic (exact) mass is 781 g/mol. The minimum atomic E-state index is -4.13. The first-order valence-corrected chi connectivity index (χ1v) is 22.9. The highest BCUT2D eigenvalue weighted by Crippen LogP contribution is 2.69. The molecule has 13 heteroatoms. The molecule has 308 valence electrons. The Morgan fingerprint density at radius 2 is 1.69 bits per heavy atom. The third kappa shape index (κ3) is 6.44. The van der Waals surface area contributed by atoms with E-state index in [0.717, 1.165) is 64.2 Å². The van der Waals surface area contributed by atoms with Crippen molar-refractivity contribution in [1.82, 2.24) is 5.32 Å². The quantitative estimate of drug-likeness (QED) is 0.131. The first kappa shape index (κ1) is 39.9. The number of fused-ring (bicyclic) bond motifs is 7. The van der Waals surface area contributed by atoms with E-state index in [4.69, 9.17) is 28.5 Å². The Bertz CT molecular complexity index is 1530. The van der Waals surface area contributed by atoms with Crippen LogP contribution in [0.15, 0.2) is 0 Å². The molecular weight excluding hydrogens is 715 g/mol. The van der Waals surface area contributed by atoms with E-state index in [1.807, 2.05) is 6.92 Å². The fraction of sp³-hybridized carbons (Fsp3) is 0.976. The highest BCUT2D eigenvalue weighted by atomic mass is 32.2. The highest BCUT2D eigenvalue weighted by molar-refractivity contribution is 7.85. The van der Waals surface area contributed by atoms with Crippen LogP contribution in [-0.4, -0.2) is 83.7 Å². The first-order valence-electron chi connectivity index (χ1n) is 21.3. The van der Waals surface area contributed by atoms with Gasteiger partial charge in [0.05, 0.1) is 24.1 Å². The number of rotatable bonds is 9. The van der Waals surface area contributed by atoms with Crippen molar-refractivity contribution in [3.8, 4) is 0 Å². The molecule has 0 aromatic carbocycles. The minimum absolute atomic E-state index is 0.00491. The topological polar surface area (TPSA) is 170 Å². The van der Waals surface area contributed by atoms with Crippen molar-refractivity contribution in [2.75, 3.05) is 12.3 Å². The molecule has 9 aliphatic rings. The van der Waals surface area contributed by atoms with E-state index in [1.165, 1.54) is 0 Å². The van der Waals surface area contributed by atoms with Crippen molar-refractivity contribution in [3.05, 3.63) is 0 Å². The summed E-state index contributed by atoms with van der Waals surface area (Å²) >= 11 is 0. The smallest absolute Gasteiger partial charge is 0.266 e. The Morgan fingerprint density at radius 1 is 0.926 bits per heavy atom. The van der Waals surface area contributed by atoms with Crippen LogP contribution in [0.3, 0.4) is 0 Å². The zero-order valence-corrected chi connectivity index (χ0v) is 34.1. The molecule has 5 saturated carbocycles. The maximum Gasteiger partial charge on any atom is 0.266 e. The van der Waals surface area contributed by atoms with E-state index >= 15 is 0 Å². The maximum absolute atomic E-state index is 12.5. The van der Waals surface area contributed by atoms with Crippen molar-refractivity contribution < 1.29 is 52.0 Å². The van der Waals surface area contributed by atoms with E-state index in [2.05, 4.69) is 39.9 Å². The molecule has 4 saturated heterocycles. The lowest BCUT2D eigenvalue weighted by atomic mass is 9.43. The van der Waals surface area contributed by atoms with Crippen LogP contribution < -0.4 is 5.32 Å². The molecule has 0 aromatic rings. The summed E-state index contributed by atoms with van der Waals surface area (Å²) < 4.78 is 51.4. The van der Waals surface area contributed by atoms with E-state index in [-0.39, 0.29) is 83.1 Å². The molecular formula is C41H67NO11S. The van der Waals surface area contributed by atoms with Crippen LogP contribution >= 0.6 is 0 Å². The summed E-state index contributed by atoms with van der Waals surface area (Å²) in [6.45, 7) is 13.2. The number of amides is 1. The second-order valence-corrected chi connectivity index (χ2v) is 21.6. The zero-order valence-electron chi connectivity index (χ0n) is 33.3. The molecule has 9 rings (SSSR count). The number of aliphatic hydroxyl groups is 2. The van der Waals surface area contributed by atoms with Gasteiger partial charge in [-0.05, 0) is 136 Å². The normalized spacial score (nSPS) is 53.0. The standard InChI is InChI=1S/C41H67NO11S/c1-22(8-12-34(45)42-17-18-54(46,47)48)27-10-11-30-35-31(21-33(44)40(27,30)6)38(4)15-13-26(19-25(38)20-32(35)43)49-36-24(3)29-9-7-23(2)28-14-16-39(5)51-37(50-36)41(28,29)53-52-39/h22-33,35-37,43-44H,7-21H2,1-6H3,(H,42,45)(H,46,47,48)/t22-,23-,24-,25?,26-,27-,28?,29?,30?,31?,32?,33+,35?,36?,37?,38+,39+,40-,41-/m1/s1. The highest BCUT2D eigenvalue weighted by Gasteiger charge is 2.70. The number of carbonyl (C=O) groups excluding carboxylic acids is 1. The Labute approximate surface area is 322 Å². The lowest BCUT2D eigenvalue weighted by Gasteiger charge is -2.64. The molecule has 2 bridgehead atoms. The van der Waals surface area contributed by atoms with Crippen LogP contribution in [-0.2, 0) is 38.9 Å². The lowest BCUT2D eigenvalue weighted by Crippen LogP contribution is -2.70. The third-order valence-corrected chi connectivity index (χ3v) is 18.2. The van der Waals surface area contributed by atoms with Crippen LogP contribution in [0.1, 0.15) is 125 Å². The van der Waals surface area contributed by atoms with Crippen LogP contribution in [0.25, 0.3) is 0 Å². The van der Waals surface area contributed by atoms with Crippen LogP contribution in [0.2, 0.25) is 0 Å². The fourth-order valence-electron chi connectivity index (χ4n) is 14.4. The summed E-state index contributed by atoms with van der Waals surface area (Å²) in [5.41, 5.74) is -0.967. The Balaban J connectivity index is 0.920. The molecule has 5 aliphatic carbocycles. The minimum Gasteiger partial charge on any atom is -0.393 e. The van der Waals surface area contributed by atoms with Gasteiger partial charge in [-0.2, -0.15) is 8.42 Å². The second-order valence-electron chi connectivity index (χ2n) is 20.1. The van der Waals surface area contributed by atoms with Gasteiger partial charge in [-0.15, -0.1) is 0 Å². The van der Waals surface area contributed by atoms with Crippen molar-refractivity contribution in [3.63, 3.8) is 0 Å². The van der Waals surface area contributed by atoms with E-state index in [0.29, 0.717) is 24.7 Å². The Morgan fingerprint density at radius 3 is 2.44 bits per heavy atom. The molecule has 19 atom stereocenters. The lowest BCUT2D eigenvalue weighted by molar-refractivity contribution is -0.578. The SMILES string of the molecule is C[C@H]1C(O[C@@H]2CC[C@@]3(C)C(CC(O)C4C3C[C@H](O)[C@@]3(C)C4CC[C@@H]3[C@H](C)CCC(=O)NCCS(=O)(=O)O)C2)OC2O[C@]3(C)CCC4[C@H](C)CCC1[C@@]24OO3. The molecule has 0 radical (unpaired) electrons. The third-order valence-electron chi connectivity index (χ3n) is 17.4. The van der Waals surface area contributed by atoms with E-state index in [1.54, 1.807) is 0 Å². The van der Waals surface area contributed by atoms with Crippen molar-refractivity contribution in [1.29, 1.82) is 0 Å². The van der Waals surface area contributed by atoms with Gasteiger partial charge in [0.2, 0.25) is 11.7 Å². The molecule has 4 N–H and O–H groups in total. The predicted molar refractivity (Wildman–Crippen MR) is 198 cm³/mol. The summed E-state index contributed by atoms with van der Waals surface area (Å²) in [6.07, 6.45) is 9.11. The molecule has 0 aromatic heterocycles. The van der Waals surface area contributed by atoms with Gasteiger partial charge in [0, 0.05) is 31.2 Å². The average Bonchev–Trinajstić information content (AvgIpc) is 3.30. The number of hydrogen-bond donors (Lipinski definition) is 4. The molecule has 1 spiro atoms. The van der Waals surface area contributed by atoms with Gasteiger partial charge in [-0.1, -0.05) is 34.6 Å². The zero-order chi connectivity index (χ0) is 38.6. The number of ether oxygens (including phenoxy) is 3. The molecule has 12 nitrogen and oxygen atoms in total. The van der Waals surface area contributed by atoms with Gasteiger partial charge in [-0.25, -0.2) is 9.78 Å². The predicted octanol–water partition coefficient (Wildman–Crippen LogP) is 5.60. The van der Waals surface area contributed by atoms with Crippen LogP contribution in [0.4, 0.5) is 0 Å². The number of hydrogen-bond acceptors (Lipinski definition) is 10. The van der Waals surface area contributed by atoms with Crippen molar-refractivity contribution in [2.24, 2.45) is 70.0 Å². The Kier molecular flexibility index (Phi) is 10.4. The van der Waals surface area contributed by atoms with Gasteiger partial charge in [0.15, 0.2) is 18.2 Å². The second kappa shape index (κ2) is 14.1. The molecule has 1 amide bonds. The van der Waals surface area contributed by atoms with E-state index in [9.17, 15) is 23.4 Å². The van der Waals surface area contributed by atoms with Crippen molar-refractivity contribution in [2.45, 2.75) is 167 Å². The molecule has 9 unspecified atom stereocenters. The van der Waals surface area contributed by atoms with Crippen molar-refractivity contribution >= 4 is 16.0 Å². The number of nitrogens with one attached hydrogen (secondary N) is 1. The van der Waals surface area contributed by atoms with Crippen LogP contribution in [0.5, 0.6) is 0 Å². The summed E-state index contributed by atoms with van der Waals surface area (Å²) in [7, 11) is -4.13. The number of carbonyl (C=O) groups is 1. The van der Waals surface area contributed by atoms with Gasteiger partial charge in [0.1, 0.15) is 0 Å². The number of aliphatic hydroxyl groups excluding tert-OH is 2. The summed E-state index contributed by atoms with van der Waals surface area (Å²) in [6, 6.07) is 0. The molecule has 54 heavy (non-hydrogen) atoms. The van der Waals surface area contributed by atoms with Gasteiger partial charge >= 0.3 is 0 Å². The largest absolute Gasteiger partial charge is 0.393 e. The average molecular weight is 782 g/mol. The summed E-state index contributed by atoms with van der Waals surface area (Å²) in [5, 5.41) is 26.8. The molecule has 9 fully saturated rings. The van der Waals surface area contributed by atoms with Gasteiger partial charge in [0.25, 0.3) is 10.1 Å². The Hall–Kier alpha value is -0.900.